The summed E-state index contributed by atoms with van der Waals surface area (Å²) in [5.41, 5.74) is 0.0370. The summed E-state index contributed by atoms with van der Waals surface area (Å²) in [5.74, 6) is 0.321. The molecule has 2 aliphatic heterocycles. The number of amides is 1. The first-order valence-electron chi connectivity index (χ1n) is 6.84. The highest BCUT2D eigenvalue weighted by Gasteiger charge is 2.44. The van der Waals surface area contributed by atoms with E-state index in [1.165, 1.54) is 12.8 Å². The largest absolute Gasteiger partial charge is 0.381 e. The van der Waals surface area contributed by atoms with Gasteiger partial charge >= 0.3 is 0 Å². The van der Waals surface area contributed by atoms with Gasteiger partial charge in [0.2, 0.25) is 5.91 Å². The van der Waals surface area contributed by atoms with Gasteiger partial charge in [0.05, 0.1) is 6.04 Å². The van der Waals surface area contributed by atoms with Gasteiger partial charge in [-0.2, -0.15) is 0 Å². The molecule has 1 atom stereocenters. The number of likely N-dealkylation sites (tertiary alicyclic amines) is 1. The van der Waals surface area contributed by atoms with Crippen molar-refractivity contribution in [1.29, 1.82) is 0 Å². The van der Waals surface area contributed by atoms with Crippen molar-refractivity contribution in [2.75, 3.05) is 19.8 Å². The molecule has 4 heteroatoms. The lowest BCUT2D eigenvalue weighted by atomic mass is 9.90. The first kappa shape index (κ1) is 11.5. The number of nitrogens with one attached hydrogen (secondary N) is 1. The van der Waals surface area contributed by atoms with Crippen LogP contribution < -0.4 is 5.32 Å². The number of ether oxygens (including phenoxy) is 1. The van der Waals surface area contributed by atoms with Crippen LogP contribution in [-0.2, 0) is 9.53 Å². The Kier molecular flexibility index (Phi) is 2.87. The second-order valence-electron chi connectivity index (χ2n) is 5.88. The zero-order valence-electron chi connectivity index (χ0n) is 10.6. The Morgan fingerprint density at radius 1 is 1.29 bits per heavy atom. The van der Waals surface area contributed by atoms with Gasteiger partial charge in [0.1, 0.15) is 0 Å². The summed E-state index contributed by atoms with van der Waals surface area (Å²) >= 11 is 0. The molecule has 17 heavy (non-hydrogen) atoms. The maximum absolute atomic E-state index is 12.4. The number of nitrogens with zero attached hydrogens (tertiary/aromatic N) is 1. The molecule has 0 spiro atoms. The molecule has 0 radical (unpaired) electrons. The molecule has 0 aromatic rings. The number of rotatable bonds is 3. The van der Waals surface area contributed by atoms with Crippen molar-refractivity contribution in [3.63, 3.8) is 0 Å². The molecule has 4 nitrogen and oxygen atoms in total. The lowest BCUT2D eigenvalue weighted by Gasteiger charge is -2.41. The quantitative estimate of drug-likeness (QED) is 0.794. The van der Waals surface area contributed by atoms with Crippen LogP contribution in [0.15, 0.2) is 0 Å². The van der Waals surface area contributed by atoms with Crippen molar-refractivity contribution in [2.24, 2.45) is 0 Å². The van der Waals surface area contributed by atoms with Crippen molar-refractivity contribution >= 4 is 5.91 Å². The predicted octanol–water partition coefficient (Wildman–Crippen LogP) is 0.908. The minimum Gasteiger partial charge on any atom is -0.381 e. The Bertz CT molecular complexity index is 309. The minimum atomic E-state index is 0.0370. The molecule has 1 N–H and O–H groups in total. The molecule has 2 saturated heterocycles. The second kappa shape index (κ2) is 4.25. The van der Waals surface area contributed by atoms with Gasteiger partial charge in [-0.3, -0.25) is 4.79 Å². The van der Waals surface area contributed by atoms with Crippen molar-refractivity contribution in [1.82, 2.24) is 10.2 Å². The lowest BCUT2D eigenvalue weighted by molar-refractivity contribution is -0.137. The smallest absolute Gasteiger partial charge is 0.240 e. The number of hydrogen-bond acceptors (Lipinski definition) is 3. The van der Waals surface area contributed by atoms with E-state index in [-0.39, 0.29) is 11.6 Å². The topological polar surface area (TPSA) is 41.6 Å². The highest BCUT2D eigenvalue weighted by atomic mass is 16.5. The number of carbonyl (C=O) groups excluding carboxylic acids is 1. The Hall–Kier alpha value is -0.610. The molecule has 0 aromatic heterocycles. The first-order chi connectivity index (χ1) is 8.19. The first-order valence-corrected chi connectivity index (χ1v) is 6.84. The lowest BCUT2D eigenvalue weighted by Crippen LogP contribution is -2.53. The zero-order valence-corrected chi connectivity index (χ0v) is 10.6. The summed E-state index contributed by atoms with van der Waals surface area (Å²) in [7, 11) is 0. The number of hydrogen-bond donors (Lipinski definition) is 1. The summed E-state index contributed by atoms with van der Waals surface area (Å²) in [6.45, 7) is 4.72. The van der Waals surface area contributed by atoms with Gasteiger partial charge in [-0.15, -0.1) is 0 Å². The average molecular weight is 238 g/mol. The fourth-order valence-corrected chi connectivity index (χ4v) is 2.99. The summed E-state index contributed by atoms with van der Waals surface area (Å²) in [6.07, 6.45) is 5.43. The second-order valence-corrected chi connectivity index (χ2v) is 5.88. The Morgan fingerprint density at radius 2 is 2.00 bits per heavy atom. The predicted molar refractivity (Wildman–Crippen MR) is 64.7 cm³/mol. The van der Waals surface area contributed by atoms with Gasteiger partial charge in [-0.25, -0.2) is 0 Å². The van der Waals surface area contributed by atoms with Gasteiger partial charge in [0, 0.05) is 31.3 Å². The fourth-order valence-electron chi connectivity index (χ4n) is 2.99. The third kappa shape index (κ3) is 2.20. The van der Waals surface area contributed by atoms with Crippen LogP contribution in [0.3, 0.4) is 0 Å². The molecule has 3 fully saturated rings. The SMILES string of the molecule is CC1(N2CCC(NC3CC3)C2=O)CCOCC1. The fraction of sp³-hybridized carbons (Fsp3) is 0.923. The van der Waals surface area contributed by atoms with E-state index in [0.717, 1.165) is 39.0 Å². The molecular weight excluding hydrogens is 216 g/mol. The molecule has 3 aliphatic rings. The van der Waals surface area contributed by atoms with Crippen LogP contribution in [0, 0.1) is 0 Å². The average Bonchev–Trinajstić information content (AvgIpc) is 3.05. The Balaban J connectivity index is 1.65. The van der Waals surface area contributed by atoms with Crippen molar-refractivity contribution in [2.45, 2.75) is 56.7 Å². The van der Waals surface area contributed by atoms with E-state index in [9.17, 15) is 4.79 Å². The van der Waals surface area contributed by atoms with E-state index in [0.29, 0.717) is 11.9 Å². The van der Waals surface area contributed by atoms with E-state index < -0.39 is 0 Å². The molecule has 0 bridgehead atoms. The van der Waals surface area contributed by atoms with Gasteiger partial charge in [-0.1, -0.05) is 0 Å². The number of carbonyl (C=O) groups is 1. The molecular formula is C13H22N2O2. The minimum absolute atomic E-state index is 0.0370. The van der Waals surface area contributed by atoms with E-state index in [2.05, 4.69) is 17.1 Å². The third-order valence-electron chi connectivity index (χ3n) is 4.44. The summed E-state index contributed by atoms with van der Waals surface area (Å²) in [6, 6.07) is 0.702. The highest BCUT2D eigenvalue weighted by Crippen LogP contribution is 2.32. The van der Waals surface area contributed by atoms with Crippen LogP contribution in [0.2, 0.25) is 0 Å². The van der Waals surface area contributed by atoms with E-state index in [1.54, 1.807) is 0 Å². The Labute approximate surface area is 103 Å². The zero-order chi connectivity index (χ0) is 11.9. The molecule has 96 valence electrons. The summed E-state index contributed by atoms with van der Waals surface area (Å²) < 4.78 is 5.41. The van der Waals surface area contributed by atoms with E-state index in [4.69, 9.17) is 4.74 Å². The van der Waals surface area contributed by atoms with Crippen LogP contribution in [0.25, 0.3) is 0 Å². The van der Waals surface area contributed by atoms with Gasteiger partial charge < -0.3 is 15.0 Å². The van der Waals surface area contributed by atoms with Crippen LogP contribution in [0.5, 0.6) is 0 Å². The summed E-state index contributed by atoms with van der Waals surface area (Å²) in [5, 5.41) is 3.47. The highest BCUT2D eigenvalue weighted by molar-refractivity contribution is 5.84. The third-order valence-corrected chi connectivity index (χ3v) is 4.44. The molecule has 1 amide bonds. The molecule has 1 saturated carbocycles. The van der Waals surface area contributed by atoms with Crippen LogP contribution in [-0.4, -0.2) is 48.2 Å². The molecule has 0 aromatic carbocycles. The molecule has 1 aliphatic carbocycles. The van der Waals surface area contributed by atoms with Crippen molar-refractivity contribution in [3.05, 3.63) is 0 Å². The van der Waals surface area contributed by atoms with Crippen molar-refractivity contribution < 1.29 is 9.53 Å². The van der Waals surface area contributed by atoms with Gasteiger partial charge in [0.15, 0.2) is 0 Å². The van der Waals surface area contributed by atoms with E-state index >= 15 is 0 Å². The summed E-state index contributed by atoms with van der Waals surface area (Å²) in [4.78, 5) is 14.5. The standard InChI is InChI=1S/C13H22N2O2/c1-13(5-8-17-9-6-13)15-7-4-11(12(15)16)14-10-2-3-10/h10-11,14H,2-9H2,1H3. The van der Waals surface area contributed by atoms with Crippen LogP contribution in [0.4, 0.5) is 0 Å². The molecule has 1 unspecified atom stereocenters. The molecule has 3 rings (SSSR count). The molecule has 2 heterocycles. The monoisotopic (exact) mass is 238 g/mol. The van der Waals surface area contributed by atoms with Crippen molar-refractivity contribution in [3.8, 4) is 0 Å². The maximum atomic E-state index is 12.4. The van der Waals surface area contributed by atoms with Crippen LogP contribution >= 0.6 is 0 Å². The Morgan fingerprint density at radius 3 is 2.65 bits per heavy atom. The maximum Gasteiger partial charge on any atom is 0.240 e. The van der Waals surface area contributed by atoms with Crippen LogP contribution in [0.1, 0.15) is 39.0 Å². The van der Waals surface area contributed by atoms with Gasteiger partial charge in [0.25, 0.3) is 0 Å². The van der Waals surface area contributed by atoms with E-state index in [1.807, 2.05) is 0 Å². The van der Waals surface area contributed by atoms with Gasteiger partial charge in [-0.05, 0) is 39.0 Å². The normalized spacial score (nSPS) is 33.1.